The normalized spacial score (nSPS) is 10.8. The van der Waals surface area contributed by atoms with Crippen molar-refractivity contribution in [2.45, 2.75) is 34.2 Å². The van der Waals surface area contributed by atoms with Gasteiger partial charge < -0.3 is 15.2 Å². The van der Waals surface area contributed by atoms with E-state index in [9.17, 15) is 14.7 Å². The van der Waals surface area contributed by atoms with Crippen LogP contribution in [0, 0.1) is 12.8 Å². The number of amides is 1. The highest BCUT2D eigenvalue weighted by Crippen LogP contribution is 2.30. The lowest BCUT2D eigenvalue weighted by Gasteiger charge is -2.10. The third-order valence-electron chi connectivity index (χ3n) is 3.72. The van der Waals surface area contributed by atoms with Crippen LogP contribution in [0.3, 0.4) is 0 Å². The van der Waals surface area contributed by atoms with E-state index in [1.165, 1.54) is 6.20 Å². The smallest absolute Gasteiger partial charge is 0.325 e. The summed E-state index contributed by atoms with van der Waals surface area (Å²) >= 11 is 0. The van der Waals surface area contributed by atoms with Crippen LogP contribution < -0.4 is 5.32 Å². The van der Waals surface area contributed by atoms with Gasteiger partial charge in [-0.05, 0) is 19.8 Å². The molecule has 0 aromatic carbocycles. The molecule has 0 unspecified atom stereocenters. The Morgan fingerprint density at radius 3 is 2.73 bits per heavy atom. The number of hydrogen-bond donors (Lipinski definition) is 2. The van der Waals surface area contributed by atoms with Gasteiger partial charge in [-0.3, -0.25) is 14.3 Å². The molecule has 0 spiro atoms. The van der Waals surface area contributed by atoms with Crippen LogP contribution in [-0.2, 0) is 16.1 Å². The minimum absolute atomic E-state index is 0.134. The van der Waals surface area contributed by atoms with Crippen LogP contribution in [0.15, 0.2) is 18.6 Å². The molecule has 0 atom stereocenters. The van der Waals surface area contributed by atoms with Crippen molar-refractivity contribution in [2.24, 2.45) is 5.92 Å². The van der Waals surface area contributed by atoms with E-state index in [2.05, 4.69) is 29.2 Å². The van der Waals surface area contributed by atoms with Gasteiger partial charge in [0.2, 0.25) is 0 Å². The highest BCUT2D eigenvalue weighted by molar-refractivity contribution is 5.97. The van der Waals surface area contributed by atoms with Gasteiger partial charge in [0.25, 0.3) is 5.91 Å². The minimum atomic E-state index is -0.638. The molecular weight excluding hydrogens is 336 g/mol. The molecule has 2 rings (SSSR count). The fourth-order valence-electron chi connectivity index (χ4n) is 2.47. The number of hydrogen-bond acceptors (Lipinski definition) is 6. The van der Waals surface area contributed by atoms with Crippen molar-refractivity contribution in [3.8, 4) is 16.9 Å². The van der Waals surface area contributed by atoms with E-state index in [1.807, 2.05) is 10.9 Å². The maximum atomic E-state index is 12.1. The summed E-state index contributed by atoms with van der Waals surface area (Å²) in [6.07, 6.45) is 5.10. The van der Waals surface area contributed by atoms with Gasteiger partial charge in [0.1, 0.15) is 12.3 Å². The average molecular weight is 360 g/mol. The van der Waals surface area contributed by atoms with Crippen molar-refractivity contribution in [2.75, 3.05) is 13.2 Å². The summed E-state index contributed by atoms with van der Waals surface area (Å²) in [6.45, 7) is 8.32. The standard InChI is InChI=1S/C18H24N4O4/c1-5-26-15(23)8-20-18(25)16-17(24)12(4)14(7-19-16)13-6-21-22(10-13)9-11(2)3/h6-7,10-11,24H,5,8-9H2,1-4H3,(H,20,25). The molecule has 0 fully saturated rings. The second kappa shape index (κ2) is 8.46. The van der Waals surface area contributed by atoms with Crippen LogP contribution >= 0.6 is 0 Å². The summed E-state index contributed by atoms with van der Waals surface area (Å²) in [4.78, 5) is 27.5. The van der Waals surface area contributed by atoms with Crippen molar-refractivity contribution < 1.29 is 19.4 Å². The molecule has 0 radical (unpaired) electrons. The van der Waals surface area contributed by atoms with Crippen molar-refractivity contribution >= 4 is 11.9 Å². The third kappa shape index (κ3) is 4.59. The Hall–Kier alpha value is -2.90. The van der Waals surface area contributed by atoms with Gasteiger partial charge >= 0.3 is 5.97 Å². The number of nitrogens with one attached hydrogen (secondary N) is 1. The summed E-state index contributed by atoms with van der Waals surface area (Å²) in [6, 6.07) is 0. The topological polar surface area (TPSA) is 106 Å². The van der Waals surface area contributed by atoms with Crippen LogP contribution in [0.2, 0.25) is 0 Å². The van der Waals surface area contributed by atoms with Crippen molar-refractivity contribution in [1.82, 2.24) is 20.1 Å². The zero-order valence-electron chi connectivity index (χ0n) is 15.4. The van der Waals surface area contributed by atoms with Gasteiger partial charge in [0, 0.05) is 35.6 Å². The molecule has 0 aliphatic rings. The molecule has 8 nitrogen and oxygen atoms in total. The fraction of sp³-hybridized carbons (Fsp3) is 0.444. The van der Waals surface area contributed by atoms with E-state index in [0.717, 1.165) is 12.1 Å². The highest BCUT2D eigenvalue weighted by Gasteiger charge is 2.19. The van der Waals surface area contributed by atoms with E-state index >= 15 is 0 Å². The predicted octanol–water partition coefficient (Wildman–Crippen LogP) is 1.91. The second-order valence-electron chi connectivity index (χ2n) is 6.33. The Morgan fingerprint density at radius 1 is 1.35 bits per heavy atom. The summed E-state index contributed by atoms with van der Waals surface area (Å²) in [5.41, 5.74) is 1.89. The van der Waals surface area contributed by atoms with Gasteiger partial charge in [-0.1, -0.05) is 13.8 Å². The average Bonchev–Trinajstić information content (AvgIpc) is 3.02. The van der Waals surface area contributed by atoms with Crippen LogP contribution in [0.4, 0.5) is 0 Å². The Labute approximate surface area is 152 Å². The third-order valence-corrected chi connectivity index (χ3v) is 3.72. The molecule has 8 heteroatoms. The first-order chi connectivity index (χ1) is 12.3. The lowest BCUT2D eigenvalue weighted by molar-refractivity contribution is -0.141. The number of ether oxygens (including phenoxy) is 1. The first-order valence-electron chi connectivity index (χ1n) is 8.48. The van der Waals surface area contributed by atoms with Crippen LogP contribution in [-0.4, -0.2) is 44.9 Å². The predicted molar refractivity (Wildman–Crippen MR) is 95.7 cm³/mol. The van der Waals surface area contributed by atoms with Gasteiger partial charge in [0.15, 0.2) is 5.69 Å². The number of esters is 1. The van der Waals surface area contributed by atoms with Crippen LogP contribution in [0.1, 0.15) is 36.8 Å². The van der Waals surface area contributed by atoms with Gasteiger partial charge in [-0.25, -0.2) is 4.98 Å². The first kappa shape index (κ1) is 19.4. The molecule has 2 aromatic heterocycles. The van der Waals surface area contributed by atoms with Gasteiger partial charge in [-0.2, -0.15) is 5.10 Å². The van der Waals surface area contributed by atoms with Crippen molar-refractivity contribution in [3.63, 3.8) is 0 Å². The molecule has 0 saturated heterocycles. The molecule has 0 saturated carbocycles. The maximum absolute atomic E-state index is 12.1. The summed E-state index contributed by atoms with van der Waals surface area (Å²) in [7, 11) is 0. The minimum Gasteiger partial charge on any atom is -0.505 e. The Morgan fingerprint density at radius 2 is 2.08 bits per heavy atom. The van der Waals surface area contributed by atoms with Crippen molar-refractivity contribution in [3.05, 3.63) is 29.8 Å². The Kier molecular flexibility index (Phi) is 6.32. The molecule has 26 heavy (non-hydrogen) atoms. The maximum Gasteiger partial charge on any atom is 0.325 e. The van der Waals surface area contributed by atoms with Crippen LogP contribution in [0.25, 0.3) is 11.1 Å². The van der Waals surface area contributed by atoms with Crippen molar-refractivity contribution in [1.29, 1.82) is 0 Å². The van der Waals surface area contributed by atoms with E-state index in [4.69, 9.17) is 4.74 Å². The monoisotopic (exact) mass is 360 g/mol. The summed E-state index contributed by atoms with van der Waals surface area (Å²) in [5, 5.41) is 17.1. The quantitative estimate of drug-likeness (QED) is 0.731. The molecule has 0 bridgehead atoms. The summed E-state index contributed by atoms with van der Waals surface area (Å²) in [5.74, 6) is -0.951. The first-order valence-corrected chi connectivity index (χ1v) is 8.48. The van der Waals surface area contributed by atoms with Gasteiger partial charge in [-0.15, -0.1) is 0 Å². The number of aromatic nitrogens is 3. The molecule has 2 heterocycles. The van der Waals surface area contributed by atoms with E-state index < -0.39 is 11.9 Å². The number of rotatable bonds is 7. The highest BCUT2D eigenvalue weighted by atomic mass is 16.5. The molecule has 2 N–H and O–H groups in total. The molecule has 2 aromatic rings. The largest absolute Gasteiger partial charge is 0.505 e. The number of pyridine rings is 1. The zero-order chi connectivity index (χ0) is 19.3. The molecule has 1 amide bonds. The fourth-order valence-corrected chi connectivity index (χ4v) is 2.47. The summed E-state index contributed by atoms with van der Waals surface area (Å²) < 4.78 is 6.57. The van der Waals surface area contributed by atoms with E-state index in [0.29, 0.717) is 17.0 Å². The second-order valence-corrected chi connectivity index (χ2v) is 6.33. The Balaban J connectivity index is 2.18. The van der Waals surface area contributed by atoms with E-state index in [1.54, 1.807) is 20.0 Å². The number of nitrogens with zero attached hydrogens (tertiary/aromatic N) is 3. The molecular formula is C18H24N4O4. The lowest BCUT2D eigenvalue weighted by atomic mass is 10.0. The number of carbonyl (C=O) groups excluding carboxylic acids is 2. The zero-order valence-corrected chi connectivity index (χ0v) is 15.4. The lowest BCUT2D eigenvalue weighted by Crippen LogP contribution is -2.31. The Bertz CT molecular complexity index is 798. The van der Waals surface area contributed by atoms with Crippen LogP contribution in [0.5, 0.6) is 5.75 Å². The number of carbonyl (C=O) groups is 2. The molecule has 0 aliphatic heterocycles. The van der Waals surface area contributed by atoms with E-state index in [-0.39, 0.29) is 24.6 Å². The SMILES string of the molecule is CCOC(=O)CNC(=O)c1ncc(-c2cnn(CC(C)C)c2)c(C)c1O. The van der Waals surface area contributed by atoms with Gasteiger partial charge in [0.05, 0.1) is 12.8 Å². The number of aromatic hydroxyl groups is 1. The molecule has 140 valence electrons. The molecule has 0 aliphatic carbocycles.